The molecule has 0 radical (unpaired) electrons. The molecular weight excluding hydrogens is 316 g/mol. The molecule has 132 valence electrons. The van der Waals surface area contributed by atoms with Crippen LogP contribution in [0, 0.1) is 0 Å². The fourth-order valence-corrected chi connectivity index (χ4v) is 2.48. The van der Waals surface area contributed by atoms with Crippen molar-refractivity contribution < 1.29 is 27.2 Å². The van der Waals surface area contributed by atoms with Gasteiger partial charge in [-0.1, -0.05) is 38.0 Å². The molecule has 2 aromatic rings. The highest BCUT2D eigenvalue weighted by molar-refractivity contribution is 5.41. The molecule has 0 aromatic heterocycles. The van der Waals surface area contributed by atoms with Crippen molar-refractivity contribution in [1.82, 2.24) is 0 Å². The molecule has 2 saturated heterocycles. The fraction of sp³-hybridized carbons (Fsp3) is 0.429. The summed E-state index contributed by atoms with van der Waals surface area (Å²) in [5, 5.41) is 0. The fourth-order valence-electron chi connectivity index (χ4n) is 2.48. The van der Waals surface area contributed by atoms with E-state index in [2.05, 4.69) is 0 Å². The largest absolute Gasteiger partial charge is 0.491 e. The highest BCUT2D eigenvalue weighted by Gasteiger charge is 2.25. The van der Waals surface area contributed by atoms with E-state index >= 15 is 0 Å². The van der Waals surface area contributed by atoms with E-state index in [4.69, 9.17) is 27.2 Å². The minimum atomic E-state index is -2.84. The highest BCUT2D eigenvalue weighted by atomic mass is 16.6. The van der Waals surface area contributed by atoms with E-state index < -0.39 is 19.1 Å². The van der Waals surface area contributed by atoms with E-state index in [1.165, 1.54) is 24.3 Å². The molecule has 0 saturated carbocycles. The third-order valence-corrected chi connectivity index (χ3v) is 4.25. The molecular formula is C21H24O4. The second kappa shape index (κ2) is 6.70. The van der Waals surface area contributed by atoms with Gasteiger partial charge in [-0.2, -0.15) is 0 Å². The van der Waals surface area contributed by atoms with E-state index in [9.17, 15) is 0 Å². The topological polar surface area (TPSA) is 43.5 Å². The summed E-state index contributed by atoms with van der Waals surface area (Å²) >= 11 is 0. The number of epoxide rings is 2. The smallest absolute Gasteiger partial charge is 0.119 e. The van der Waals surface area contributed by atoms with Crippen LogP contribution in [0.2, 0.25) is 0 Å². The van der Waals surface area contributed by atoms with Crippen LogP contribution in [0.15, 0.2) is 48.5 Å². The summed E-state index contributed by atoms with van der Waals surface area (Å²) in [5.41, 5.74) is -1.87. The zero-order valence-electron chi connectivity index (χ0n) is 19.7. The molecule has 0 bridgehead atoms. The molecule has 0 spiro atoms. The van der Waals surface area contributed by atoms with Crippen LogP contribution < -0.4 is 9.47 Å². The van der Waals surface area contributed by atoms with Gasteiger partial charge in [0.15, 0.2) is 0 Å². The number of rotatable bonds is 8. The number of hydrogen-bond donors (Lipinski definition) is 0. The van der Waals surface area contributed by atoms with Crippen molar-refractivity contribution in [3.8, 4) is 11.5 Å². The molecule has 0 aliphatic carbocycles. The van der Waals surface area contributed by atoms with Crippen molar-refractivity contribution in [3.63, 3.8) is 0 Å². The first-order valence-corrected chi connectivity index (χ1v) is 8.31. The molecule has 2 atom stereocenters. The molecule has 25 heavy (non-hydrogen) atoms. The Morgan fingerprint density at radius 2 is 1.24 bits per heavy atom. The van der Waals surface area contributed by atoms with Gasteiger partial charge in [0.2, 0.25) is 0 Å². The molecule has 2 aliphatic heterocycles. The van der Waals surface area contributed by atoms with Gasteiger partial charge in [-0.25, -0.2) is 0 Å². The van der Waals surface area contributed by atoms with Crippen molar-refractivity contribution in [2.45, 2.75) is 31.3 Å². The quantitative estimate of drug-likeness (QED) is 0.686. The van der Waals surface area contributed by atoms with Gasteiger partial charge in [-0.05, 0) is 35.4 Å². The molecule has 2 unspecified atom stereocenters. The van der Waals surface area contributed by atoms with Crippen molar-refractivity contribution >= 4 is 0 Å². The first-order chi connectivity index (χ1) is 14.6. The van der Waals surface area contributed by atoms with Crippen LogP contribution in [0.4, 0.5) is 0 Å². The SMILES string of the molecule is [2H]C([2H])([2H])C(c1ccc(OCC2CO2)cc1)(c1ccc(OCC2CO2)cc1)C([2H])([2H])[2H]. The Labute approximate surface area is 157 Å². The predicted molar refractivity (Wildman–Crippen MR) is 95.5 cm³/mol. The Kier molecular flexibility index (Phi) is 2.90. The van der Waals surface area contributed by atoms with Crippen LogP contribution >= 0.6 is 0 Å². The van der Waals surface area contributed by atoms with E-state index in [0.29, 0.717) is 37.9 Å². The number of hydrogen-bond acceptors (Lipinski definition) is 4. The zero-order valence-corrected chi connectivity index (χ0v) is 13.7. The second-order valence-electron chi connectivity index (χ2n) is 6.33. The van der Waals surface area contributed by atoms with Crippen molar-refractivity contribution in [1.29, 1.82) is 0 Å². The molecule has 2 heterocycles. The zero-order chi connectivity index (χ0) is 22.3. The van der Waals surface area contributed by atoms with Gasteiger partial charge in [0.1, 0.15) is 36.9 Å². The molecule has 4 rings (SSSR count). The third-order valence-electron chi connectivity index (χ3n) is 4.25. The Bertz CT molecular complexity index is 809. The van der Waals surface area contributed by atoms with Gasteiger partial charge >= 0.3 is 0 Å². The number of ether oxygens (including phenoxy) is 4. The van der Waals surface area contributed by atoms with Crippen LogP contribution in [-0.2, 0) is 14.9 Å². The van der Waals surface area contributed by atoms with Crippen LogP contribution in [0.5, 0.6) is 11.5 Å². The maximum Gasteiger partial charge on any atom is 0.119 e. The Morgan fingerprint density at radius 1 is 0.840 bits per heavy atom. The van der Waals surface area contributed by atoms with E-state index in [0.717, 1.165) is 0 Å². The lowest BCUT2D eigenvalue weighted by Crippen LogP contribution is -2.18. The van der Waals surface area contributed by atoms with E-state index in [-0.39, 0.29) is 23.3 Å². The van der Waals surface area contributed by atoms with Gasteiger partial charge in [0.05, 0.1) is 13.2 Å². The lowest BCUT2D eigenvalue weighted by molar-refractivity contribution is 0.263. The summed E-state index contributed by atoms with van der Waals surface area (Å²) < 4.78 is 70.9. The number of benzene rings is 2. The first kappa shape index (κ1) is 10.8. The Hall–Kier alpha value is -2.04. The van der Waals surface area contributed by atoms with Crippen LogP contribution in [0.3, 0.4) is 0 Å². The normalized spacial score (nSPS) is 26.2. The average Bonchev–Trinajstić information content (AvgIpc) is 3.60. The third kappa shape index (κ3) is 4.14. The lowest BCUT2D eigenvalue weighted by Gasteiger charge is -2.26. The molecule has 0 amide bonds. The molecule has 4 nitrogen and oxygen atoms in total. The summed E-state index contributed by atoms with van der Waals surface area (Å²) in [6, 6.07) is 12.4. The molecule has 2 aromatic carbocycles. The van der Waals surface area contributed by atoms with Gasteiger partial charge in [0.25, 0.3) is 0 Å². The maximum atomic E-state index is 8.24. The van der Waals surface area contributed by atoms with Crippen LogP contribution in [-0.4, -0.2) is 38.6 Å². The standard InChI is InChI=1S/C21H24O4/c1-21(2,15-3-7-17(8-4-15)22-11-19-13-24-19)16-5-9-18(10-6-16)23-12-20-14-25-20/h3-10,19-20H,11-14H2,1-2H3/i1D3,2D3. The van der Waals surface area contributed by atoms with E-state index in [1.807, 2.05) is 0 Å². The lowest BCUT2D eigenvalue weighted by atomic mass is 9.78. The Balaban J connectivity index is 1.68. The Morgan fingerprint density at radius 3 is 1.56 bits per heavy atom. The van der Waals surface area contributed by atoms with Crippen molar-refractivity contribution in [2.75, 3.05) is 26.4 Å². The highest BCUT2D eigenvalue weighted by Crippen LogP contribution is 2.33. The summed E-state index contributed by atoms with van der Waals surface area (Å²) in [5.74, 6) is 1.05. The monoisotopic (exact) mass is 346 g/mol. The van der Waals surface area contributed by atoms with Gasteiger partial charge < -0.3 is 18.9 Å². The van der Waals surface area contributed by atoms with Crippen molar-refractivity contribution in [3.05, 3.63) is 59.7 Å². The maximum absolute atomic E-state index is 8.24. The molecule has 0 N–H and O–H groups in total. The van der Waals surface area contributed by atoms with Crippen molar-refractivity contribution in [2.24, 2.45) is 0 Å². The molecule has 2 aliphatic rings. The summed E-state index contributed by atoms with van der Waals surface area (Å²) in [4.78, 5) is 0. The van der Waals surface area contributed by atoms with Crippen LogP contribution in [0.25, 0.3) is 0 Å². The summed E-state index contributed by atoms with van der Waals surface area (Å²) in [6.07, 6.45) is 0.159. The van der Waals surface area contributed by atoms with Gasteiger partial charge in [-0.15, -0.1) is 0 Å². The summed E-state index contributed by atoms with van der Waals surface area (Å²) in [6.45, 7) is -3.56. The summed E-state index contributed by atoms with van der Waals surface area (Å²) in [7, 11) is 0. The van der Waals surface area contributed by atoms with Gasteiger partial charge in [-0.3, -0.25) is 0 Å². The average molecular weight is 346 g/mol. The van der Waals surface area contributed by atoms with Gasteiger partial charge in [0, 0.05) is 13.6 Å². The van der Waals surface area contributed by atoms with E-state index in [1.54, 1.807) is 24.3 Å². The minimum Gasteiger partial charge on any atom is -0.491 e. The first-order valence-electron chi connectivity index (χ1n) is 11.3. The minimum absolute atomic E-state index is 0.0794. The van der Waals surface area contributed by atoms with Crippen LogP contribution in [0.1, 0.15) is 33.1 Å². The molecule has 2 fully saturated rings. The second-order valence-corrected chi connectivity index (χ2v) is 6.33. The predicted octanol–water partition coefficient (Wildman–Crippen LogP) is 3.57. The molecule has 4 heteroatoms.